The van der Waals surface area contributed by atoms with Gasteiger partial charge in [-0.3, -0.25) is 0 Å². The van der Waals surface area contributed by atoms with Crippen molar-refractivity contribution >= 4 is 10.0 Å². The van der Waals surface area contributed by atoms with Crippen molar-refractivity contribution in [1.82, 2.24) is 14.9 Å². The summed E-state index contributed by atoms with van der Waals surface area (Å²) in [5.41, 5.74) is 0. The number of rotatable bonds is 9. The molecule has 0 saturated heterocycles. The van der Waals surface area contributed by atoms with E-state index in [1.54, 1.807) is 0 Å². The van der Waals surface area contributed by atoms with Crippen LogP contribution in [0.2, 0.25) is 0 Å². The Hall–Kier alpha value is -0.170. The minimum absolute atomic E-state index is 0.191. The Kier molecular flexibility index (Phi) is 4.41. The van der Waals surface area contributed by atoms with Crippen LogP contribution in [0.15, 0.2) is 0 Å². The molecule has 0 spiro atoms. The molecule has 2 fully saturated rings. The molecule has 0 aromatic carbocycles. The quantitative estimate of drug-likeness (QED) is 0.601. The Balaban J connectivity index is 1.55. The van der Waals surface area contributed by atoms with Gasteiger partial charge in [0.05, 0.1) is 5.75 Å². The Morgan fingerprint density at radius 2 is 1.88 bits per heavy atom. The van der Waals surface area contributed by atoms with E-state index in [0.717, 1.165) is 6.54 Å². The van der Waals surface area contributed by atoms with Gasteiger partial charge in [-0.25, -0.2) is 13.1 Å². The highest BCUT2D eigenvalue weighted by molar-refractivity contribution is 7.89. The monoisotopic (exact) mass is 261 g/mol. The number of hydrogen-bond donors (Lipinski definition) is 2. The fourth-order valence-corrected chi connectivity index (χ4v) is 2.77. The van der Waals surface area contributed by atoms with Gasteiger partial charge in [0.2, 0.25) is 10.0 Å². The van der Waals surface area contributed by atoms with Crippen molar-refractivity contribution in [3.05, 3.63) is 0 Å². The van der Waals surface area contributed by atoms with E-state index in [2.05, 4.69) is 22.0 Å². The van der Waals surface area contributed by atoms with Crippen molar-refractivity contribution in [2.75, 3.05) is 32.4 Å². The van der Waals surface area contributed by atoms with Gasteiger partial charge >= 0.3 is 0 Å². The molecule has 2 aliphatic carbocycles. The zero-order valence-corrected chi connectivity index (χ0v) is 11.3. The van der Waals surface area contributed by atoms with Gasteiger partial charge in [-0.05, 0) is 32.7 Å². The maximum atomic E-state index is 11.6. The minimum Gasteiger partial charge on any atom is -0.313 e. The van der Waals surface area contributed by atoms with E-state index < -0.39 is 10.0 Å². The molecule has 0 aromatic rings. The summed E-state index contributed by atoms with van der Waals surface area (Å²) in [6.07, 6.45) is 4.91. The molecule has 2 N–H and O–H groups in total. The lowest BCUT2D eigenvalue weighted by Crippen LogP contribution is -2.37. The van der Waals surface area contributed by atoms with Crippen LogP contribution in [0.1, 0.15) is 25.7 Å². The summed E-state index contributed by atoms with van der Waals surface area (Å²) in [5.74, 6) is 0.191. The van der Waals surface area contributed by atoms with Gasteiger partial charge in [0.15, 0.2) is 0 Å². The van der Waals surface area contributed by atoms with E-state index in [-0.39, 0.29) is 5.75 Å². The van der Waals surface area contributed by atoms with E-state index in [1.807, 2.05) is 0 Å². The summed E-state index contributed by atoms with van der Waals surface area (Å²) in [6, 6.07) is 1.27. The molecule has 2 saturated carbocycles. The second-order valence-electron chi connectivity index (χ2n) is 5.15. The Labute approximate surface area is 104 Å². The van der Waals surface area contributed by atoms with Gasteiger partial charge in [0.25, 0.3) is 0 Å². The zero-order valence-electron chi connectivity index (χ0n) is 10.5. The topological polar surface area (TPSA) is 61.4 Å². The summed E-state index contributed by atoms with van der Waals surface area (Å²) in [7, 11) is -1.03. The van der Waals surface area contributed by atoms with Crippen molar-refractivity contribution in [1.29, 1.82) is 0 Å². The molecule has 0 atom stereocenters. The first kappa shape index (κ1) is 13.3. The van der Waals surface area contributed by atoms with Crippen LogP contribution in [0, 0.1) is 0 Å². The highest BCUT2D eigenvalue weighted by Gasteiger charge is 2.25. The molecule has 0 aliphatic heterocycles. The van der Waals surface area contributed by atoms with Crippen molar-refractivity contribution in [2.24, 2.45) is 0 Å². The predicted octanol–water partition coefficient (Wildman–Crippen LogP) is -0.248. The second-order valence-corrected chi connectivity index (χ2v) is 7.08. The van der Waals surface area contributed by atoms with E-state index in [0.29, 0.717) is 25.2 Å². The molecule has 0 bridgehead atoms. The normalized spacial score (nSPS) is 21.1. The molecular formula is C11H23N3O2S. The highest BCUT2D eigenvalue weighted by Crippen LogP contribution is 2.24. The van der Waals surface area contributed by atoms with Crippen LogP contribution in [0.25, 0.3) is 0 Å². The number of likely N-dealkylation sites (N-methyl/N-ethyl adjacent to an activating group) is 1. The first-order valence-corrected chi connectivity index (χ1v) is 8.13. The molecule has 0 heterocycles. The third kappa shape index (κ3) is 5.33. The summed E-state index contributed by atoms with van der Waals surface area (Å²) in [5, 5.41) is 3.21. The van der Waals surface area contributed by atoms with Gasteiger partial charge in [-0.1, -0.05) is 0 Å². The minimum atomic E-state index is -3.09. The van der Waals surface area contributed by atoms with E-state index in [9.17, 15) is 8.42 Å². The third-order valence-electron chi connectivity index (χ3n) is 3.34. The lowest BCUT2D eigenvalue weighted by molar-refractivity contribution is 0.329. The van der Waals surface area contributed by atoms with Gasteiger partial charge in [-0.15, -0.1) is 0 Å². The lowest BCUT2D eigenvalue weighted by Gasteiger charge is -2.15. The van der Waals surface area contributed by atoms with Crippen molar-refractivity contribution in [3.8, 4) is 0 Å². The van der Waals surface area contributed by atoms with Crippen LogP contribution in [0.5, 0.6) is 0 Å². The summed E-state index contributed by atoms with van der Waals surface area (Å²) >= 11 is 0. The zero-order chi connectivity index (χ0) is 12.3. The molecule has 17 heavy (non-hydrogen) atoms. The number of sulfonamides is 1. The largest absolute Gasteiger partial charge is 0.313 e. The second kappa shape index (κ2) is 5.65. The van der Waals surface area contributed by atoms with Crippen molar-refractivity contribution < 1.29 is 8.42 Å². The van der Waals surface area contributed by atoms with Gasteiger partial charge < -0.3 is 10.2 Å². The summed E-state index contributed by atoms with van der Waals surface area (Å²) < 4.78 is 25.9. The molecule has 6 heteroatoms. The highest BCUT2D eigenvalue weighted by atomic mass is 32.2. The van der Waals surface area contributed by atoms with E-state index in [1.165, 1.54) is 25.7 Å². The smallest absolute Gasteiger partial charge is 0.212 e. The van der Waals surface area contributed by atoms with Crippen LogP contribution in [-0.4, -0.2) is 57.8 Å². The number of nitrogens with one attached hydrogen (secondary N) is 2. The Morgan fingerprint density at radius 1 is 1.18 bits per heavy atom. The van der Waals surface area contributed by atoms with E-state index >= 15 is 0 Å². The maximum absolute atomic E-state index is 11.6. The van der Waals surface area contributed by atoms with Gasteiger partial charge in [-0.2, -0.15) is 0 Å². The standard InChI is InChI=1S/C11H23N3O2S/c1-14(11-4-5-11)8-6-13-17(15,16)9-7-12-10-2-3-10/h10-13H,2-9H2,1H3. The van der Waals surface area contributed by atoms with Crippen molar-refractivity contribution in [2.45, 2.75) is 37.8 Å². The molecule has 0 amide bonds. The number of nitrogens with zero attached hydrogens (tertiary/aromatic N) is 1. The average molecular weight is 261 g/mol. The van der Waals surface area contributed by atoms with Crippen LogP contribution in [0.4, 0.5) is 0 Å². The predicted molar refractivity (Wildman–Crippen MR) is 68.5 cm³/mol. The number of hydrogen-bond acceptors (Lipinski definition) is 4. The van der Waals surface area contributed by atoms with Crippen LogP contribution in [0.3, 0.4) is 0 Å². The summed E-state index contributed by atoms with van der Waals surface area (Å²) in [4.78, 5) is 2.23. The molecule has 5 nitrogen and oxygen atoms in total. The average Bonchev–Trinajstić information content (AvgIpc) is 3.12. The summed E-state index contributed by atoms with van der Waals surface area (Å²) in [6.45, 7) is 1.90. The first-order chi connectivity index (χ1) is 8.07. The molecule has 0 radical (unpaired) electrons. The van der Waals surface area contributed by atoms with Crippen LogP contribution < -0.4 is 10.0 Å². The van der Waals surface area contributed by atoms with Gasteiger partial charge in [0, 0.05) is 31.7 Å². The molecule has 2 aliphatic rings. The Bertz CT molecular complexity index is 337. The van der Waals surface area contributed by atoms with Crippen LogP contribution in [-0.2, 0) is 10.0 Å². The van der Waals surface area contributed by atoms with Crippen LogP contribution >= 0.6 is 0 Å². The molecule has 2 rings (SSSR count). The Morgan fingerprint density at radius 3 is 2.47 bits per heavy atom. The van der Waals surface area contributed by atoms with E-state index in [4.69, 9.17) is 0 Å². The SMILES string of the molecule is CN(CCNS(=O)(=O)CCNC1CC1)C1CC1. The lowest BCUT2D eigenvalue weighted by atomic mass is 10.5. The third-order valence-corrected chi connectivity index (χ3v) is 4.72. The fraction of sp³-hybridized carbons (Fsp3) is 1.00. The fourth-order valence-electron chi connectivity index (χ4n) is 1.83. The molecular weight excluding hydrogens is 238 g/mol. The first-order valence-electron chi connectivity index (χ1n) is 6.48. The maximum Gasteiger partial charge on any atom is 0.212 e. The molecule has 0 aromatic heterocycles. The molecule has 0 unspecified atom stereocenters. The van der Waals surface area contributed by atoms with Crippen molar-refractivity contribution in [3.63, 3.8) is 0 Å². The van der Waals surface area contributed by atoms with Gasteiger partial charge in [0.1, 0.15) is 0 Å². The molecule has 100 valence electrons.